The number of rotatable bonds is 7. The van der Waals surface area contributed by atoms with E-state index in [4.69, 9.17) is 9.47 Å². The first-order chi connectivity index (χ1) is 13.0. The highest BCUT2D eigenvalue weighted by Crippen LogP contribution is 2.35. The summed E-state index contributed by atoms with van der Waals surface area (Å²) in [7, 11) is 2.68. The van der Waals surface area contributed by atoms with Gasteiger partial charge in [-0.05, 0) is 11.6 Å². The molecule has 27 heavy (non-hydrogen) atoms. The van der Waals surface area contributed by atoms with Gasteiger partial charge in [-0.15, -0.1) is 0 Å². The third kappa shape index (κ3) is 4.83. The smallest absolute Gasteiger partial charge is 0.311 e. The zero-order valence-electron chi connectivity index (χ0n) is 14.8. The fourth-order valence-corrected chi connectivity index (χ4v) is 2.34. The number of benzene rings is 2. The molecule has 8 nitrogen and oxygen atoms in total. The molecule has 8 heteroatoms. The molecule has 0 atom stereocenters. The van der Waals surface area contributed by atoms with Crippen molar-refractivity contribution in [2.45, 2.75) is 6.54 Å². The second kappa shape index (κ2) is 9.01. The van der Waals surface area contributed by atoms with Gasteiger partial charge in [0.05, 0.1) is 19.1 Å². The van der Waals surface area contributed by atoms with Crippen LogP contribution >= 0.6 is 0 Å². The summed E-state index contributed by atoms with van der Waals surface area (Å²) in [6, 6.07) is 13.5. The third-order valence-corrected chi connectivity index (χ3v) is 3.69. The number of methoxy groups -OCH3 is 2. The van der Waals surface area contributed by atoms with E-state index < -0.39 is 10.8 Å². The Bertz CT molecular complexity index is 917. The fraction of sp³-hybridized carbons (Fsp3) is 0.158. The molecule has 0 radical (unpaired) electrons. The molecule has 1 amide bonds. The maximum Gasteiger partial charge on any atom is 0.311 e. The second-order valence-electron chi connectivity index (χ2n) is 5.36. The highest BCUT2D eigenvalue weighted by Gasteiger charge is 2.20. The summed E-state index contributed by atoms with van der Waals surface area (Å²) in [5.41, 5.74) is 0.590. The van der Waals surface area contributed by atoms with Crippen LogP contribution in [-0.2, 0) is 11.3 Å². The Morgan fingerprint density at radius 1 is 1.22 bits per heavy atom. The average Bonchev–Trinajstić information content (AvgIpc) is 2.70. The van der Waals surface area contributed by atoms with Crippen LogP contribution in [0, 0.1) is 21.4 Å². The van der Waals surface area contributed by atoms with E-state index in [2.05, 4.69) is 5.32 Å². The van der Waals surface area contributed by atoms with E-state index in [9.17, 15) is 20.2 Å². The first-order valence-electron chi connectivity index (χ1n) is 7.84. The number of carbonyl (C=O) groups is 1. The monoisotopic (exact) mass is 367 g/mol. The van der Waals surface area contributed by atoms with Gasteiger partial charge >= 0.3 is 5.69 Å². The van der Waals surface area contributed by atoms with Gasteiger partial charge in [0.2, 0.25) is 5.75 Å². The summed E-state index contributed by atoms with van der Waals surface area (Å²) in [6.45, 7) is 0.249. The summed E-state index contributed by atoms with van der Waals surface area (Å²) in [6.07, 6.45) is 1.24. The molecular formula is C19H17N3O5. The van der Waals surface area contributed by atoms with E-state index in [1.807, 2.05) is 36.4 Å². The van der Waals surface area contributed by atoms with Crippen LogP contribution in [0.5, 0.6) is 11.5 Å². The van der Waals surface area contributed by atoms with E-state index in [1.165, 1.54) is 32.4 Å². The van der Waals surface area contributed by atoms with Crippen molar-refractivity contribution >= 4 is 17.7 Å². The number of carbonyl (C=O) groups excluding carboxylic acids is 1. The molecule has 0 saturated heterocycles. The number of nitrogens with zero attached hydrogens (tertiary/aromatic N) is 2. The average molecular weight is 367 g/mol. The highest BCUT2D eigenvalue weighted by molar-refractivity contribution is 6.02. The van der Waals surface area contributed by atoms with Gasteiger partial charge in [0, 0.05) is 24.2 Å². The van der Waals surface area contributed by atoms with E-state index in [0.717, 1.165) is 5.56 Å². The molecule has 0 fully saturated rings. The third-order valence-electron chi connectivity index (χ3n) is 3.69. The lowest BCUT2D eigenvalue weighted by molar-refractivity contribution is -0.385. The maximum absolute atomic E-state index is 12.3. The Morgan fingerprint density at radius 2 is 1.89 bits per heavy atom. The minimum absolute atomic E-state index is 0.0148. The van der Waals surface area contributed by atoms with Crippen LogP contribution < -0.4 is 14.8 Å². The van der Waals surface area contributed by atoms with Gasteiger partial charge in [-0.3, -0.25) is 14.9 Å². The van der Waals surface area contributed by atoms with Crippen molar-refractivity contribution in [2.75, 3.05) is 14.2 Å². The van der Waals surface area contributed by atoms with E-state index in [0.29, 0.717) is 0 Å². The Balaban J connectivity index is 2.33. The first kappa shape index (κ1) is 19.5. The zero-order chi connectivity index (χ0) is 19.8. The van der Waals surface area contributed by atoms with Crippen LogP contribution in [0.4, 0.5) is 5.69 Å². The van der Waals surface area contributed by atoms with Crippen LogP contribution in [0.25, 0.3) is 6.08 Å². The van der Waals surface area contributed by atoms with Gasteiger partial charge in [0.15, 0.2) is 0 Å². The van der Waals surface area contributed by atoms with Crippen molar-refractivity contribution in [1.29, 1.82) is 5.26 Å². The minimum atomic E-state index is -0.614. The molecule has 0 aliphatic rings. The van der Waals surface area contributed by atoms with Crippen LogP contribution in [0.2, 0.25) is 0 Å². The number of nitro benzene ring substituents is 1. The lowest BCUT2D eigenvalue weighted by Gasteiger charge is -2.09. The lowest BCUT2D eigenvalue weighted by atomic mass is 10.1. The molecule has 0 saturated carbocycles. The van der Waals surface area contributed by atoms with Gasteiger partial charge in [0.1, 0.15) is 17.4 Å². The van der Waals surface area contributed by atoms with Crippen molar-refractivity contribution in [3.05, 3.63) is 69.3 Å². The van der Waals surface area contributed by atoms with Crippen LogP contribution in [0.15, 0.2) is 48.0 Å². The summed E-state index contributed by atoms with van der Waals surface area (Å²) in [4.78, 5) is 22.9. The van der Waals surface area contributed by atoms with Gasteiger partial charge in [0.25, 0.3) is 5.91 Å². The lowest BCUT2D eigenvalue weighted by Crippen LogP contribution is -2.23. The molecule has 1 N–H and O–H groups in total. The molecular weight excluding hydrogens is 350 g/mol. The largest absolute Gasteiger partial charge is 0.496 e. The molecule has 0 aliphatic carbocycles. The number of nitrogens with one attached hydrogen (secondary N) is 1. The number of nitriles is 1. The summed E-state index contributed by atoms with van der Waals surface area (Å²) in [5, 5.41) is 23.2. The Morgan fingerprint density at radius 3 is 2.44 bits per heavy atom. The summed E-state index contributed by atoms with van der Waals surface area (Å²) in [5.74, 6) is -0.344. The van der Waals surface area contributed by atoms with E-state index in [-0.39, 0.29) is 34.9 Å². The molecule has 0 bridgehead atoms. The van der Waals surface area contributed by atoms with Gasteiger partial charge < -0.3 is 14.8 Å². The molecule has 0 aromatic heterocycles. The predicted octanol–water partition coefficient (Wildman–Crippen LogP) is 2.84. The molecule has 2 aromatic carbocycles. The number of hydrogen-bond donors (Lipinski definition) is 1. The normalized spacial score (nSPS) is 10.6. The van der Waals surface area contributed by atoms with E-state index in [1.54, 1.807) is 0 Å². The van der Waals surface area contributed by atoms with Crippen LogP contribution in [0.3, 0.4) is 0 Å². The Labute approximate surface area is 155 Å². The standard InChI is InChI=1S/C19H17N3O5/c1-26-17-10-18(27-2)16(22(24)25)9-14(17)8-15(11-20)19(23)21-12-13-6-4-3-5-7-13/h3-10H,12H2,1-2H3,(H,21,23). The van der Waals surface area contributed by atoms with Crippen molar-refractivity contribution in [3.8, 4) is 17.6 Å². The molecule has 2 aromatic rings. The van der Waals surface area contributed by atoms with Gasteiger partial charge in [-0.25, -0.2) is 0 Å². The molecule has 0 aliphatic heterocycles. The highest BCUT2D eigenvalue weighted by atomic mass is 16.6. The predicted molar refractivity (Wildman–Crippen MR) is 98.1 cm³/mol. The van der Waals surface area contributed by atoms with Crippen molar-refractivity contribution in [1.82, 2.24) is 5.32 Å². The fourth-order valence-electron chi connectivity index (χ4n) is 2.34. The Kier molecular flexibility index (Phi) is 6.49. The number of amides is 1. The first-order valence-corrected chi connectivity index (χ1v) is 7.84. The van der Waals surface area contributed by atoms with Gasteiger partial charge in [-0.2, -0.15) is 5.26 Å². The SMILES string of the molecule is COc1cc(OC)c([N+](=O)[O-])cc1C=C(C#N)C(=O)NCc1ccccc1. The molecule has 0 unspecified atom stereocenters. The molecule has 138 valence electrons. The second-order valence-corrected chi connectivity index (χ2v) is 5.36. The topological polar surface area (TPSA) is 114 Å². The zero-order valence-corrected chi connectivity index (χ0v) is 14.8. The number of ether oxygens (including phenoxy) is 2. The number of hydrogen-bond acceptors (Lipinski definition) is 6. The van der Waals surface area contributed by atoms with Crippen LogP contribution in [-0.4, -0.2) is 25.1 Å². The maximum atomic E-state index is 12.3. The van der Waals surface area contributed by atoms with Crippen molar-refractivity contribution < 1.29 is 19.2 Å². The summed E-state index contributed by atoms with van der Waals surface area (Å²) >= 11 is 0. The molecule has 0 spiro atoms. The van der Waals surface area contributed by atoms with Crippen molar-refractivity contribution in [2.24, 2.45) is 0 Å². The molecule has 0 heterocycles. The van der Waals surface area contributed by atoms with Crippen molar-refractivity contribution in [3.63, 3.8) is 0 Å². The Hall–Kier alpha value is -3.86. The quantitative estimate of drug-likeness (QED) is 0.348. The van der Waals surface area contributed by atoms with Crippen LogP contribution in [0.1, 0.15) is 11.1 Å². The van der Waals surface area contributed by atoms with E-state index >= 15 is 0 Å². The number of nitro groups is 1. The van der Waals surface area contributed by atoms with Gasteiger partial charge in [-0.1, -0.05) is 30.3 Å². The molecule has 2 rings (SSSR count). The summed E-state index contributed by atoms with van der Waals surface area (Å²) < 4.78 is 10.2. The minimum Gasteiger partial charge on any atom is -0.496 e.